The summed E-state index contributed by atoms with van der Waals surface area (Å²) in [6.45, 7) is 10.0. The van der Waals surface area contributed by atoms with E-state index >= 15 is 0 Å². The molecule has 7 heteroatoms. The summed E-state index contributed by atoms with van der Waals surface area (Å²) in [5.74, 6) is -0.0398. The van der Waals surface area contributed by atoms with Crippen molar-refractivity contribution >= 4 is 23.4 Å². The number of anilines is 1. The van der Waals surface area contributed by atoms with Crippen LogP contribution in [0.2, 0.25) is 0 Å². The minimum atomic E-state index is -0.123. The van der Waals surface area contributed by atoms with Gasteiger partial charge in [-0.15, -0.1) is 0 Å². The molecule has 1 fully saturated rings. The summed E-state index contributed by atoms with van der Waals surface area (Å²) >= 11 is 0. The molecule has 1 saturated heterocycles. The van der Waals surface area contributed by atoms with Gasteiger partial charge in [-0.2, -0.15) is 0 Å². The first-order valence-corrected chi connectivity index (χ1v) is 11.6. The number of nitrogens with zero attached hydrogens (tertiary/aromatic N) is 3. The molecule has 2 aromatic rings. The Kier molecular flexibility index (Phi) is 8.60. The molecule has 3 rings (SSSR count). The fraction of sp³-hybridized carbons (Fsp3) is 0.423. The van der Waals surface area contributed by atoms with Crippen molar-refractivity contribution in [3.05, 3.63) is 65.2 Å². The lowest BCUT2D eigenvalue weighted by atomic mass is 10.1. The van der Waals surface area contributed by atoms with Crippen molar-refractivity contribution in [2.45, 2.75) is 27.2 Å². The zero-order valence-electron chi connectivity index (χ0n) is 19.8. The van der Waals surface area contributed by atoms with Crippen molar-refractivity contribution in [3.63, 3.8) is 0 Å². The average molecular weight is 451 g/mol. The largest absolute Gasteiger partial charge is 0.340 e. The predicted molar refractivity (Wildman–Crippen MR) is 130 cm³/mol. The molecule has 3 amide bonds. The topological polar surface area (TPSA) is 73.0 Å². The fourth-order valence-corrected chi connectivity index (χ4v) is 3.97. The van der Waals surface area contributed by atoms with E-state index in [1.54, 1.807) is 29.2 Å². The summed E-state index contributed by atoms with van der Waals surface area (Å²) in [6, 6.07) is 15.1. The molecule has 0 unspecified atom stereocenters. The van der Waals surface area contributed by atoms with Crippen LogP contribution in [0.15, 0.2) is 48.5 Å². The van der Waals surface area contributed by atoms with Gasteiger partial charge >= 0.3 is 0 Å². The number of hydrogen-bond donors (Lipinski definition) is 1. The van der Waals surface area contributed by atoms with Gasteiger partial charge in [-0.05, 0) is 44.5 Å². The summed E-state index contributed by atoms with van der Waals surface area (Å²) in [5.41, 5.74) is 3.39. The van der Waals surface area contributed by atoms with E-state index in [-0.39, 0.29) is 24.3 Å². The molecule has 1 N–H and O–H groups in total. The number of nitrogens with one attached hydrogen (secondary N) is 1. The first-order valence-electron chi connectivity index (χ1n) is 11.6. The van der Waals surface area contributed by atoms with Crippen LogP contribution < -0.4 is 5.32 Å². The highest BCUT2D eigenvalue weighted by Gasteiger charge is 2.22. The third kappa shape index (κ3) is 6.89. The van der Waals surface area contributed by atoms with Crippen LogP contribution in [0.1, 0.15) is 35.3 Å². The van der Waals surface area contributed by atoms with Crippen LogP contribution in [0, 0.1) is 6.92 Å². The zero-order chi connectivity index (χ0) is 23.8. The van der Waals surface area contributed by atoms with Crippen LogP contribution in [-0.4, -0.2) is 78.2 Å². The van der Waals surface area contributed by atoms with Crippen LogP contribution in [0.25, 0.3) is 0 Å². The van der Waals surface area contributed by atoms with E-state index in [1.165, 1.54) is 5.56 Å². The second-order valence-electron chi connectivity index (χ2n) is 8.43. The highest BCUT2D eigenvalue weighted by atomic mass is 16.2. The van der Waals surface area contributed by atoms with Gasteiger partial charge in [-0.3, -0.25) is 19.3 Å². The molecule has 1 heterocycles. The molecular formula is C26H34N4O3. The first-order chi connectivity index (χ1) is 15.9. The highest BCUT2D eigenvalue weighted by molar-refractivity contribution is 5.97. The van der Waals surface area contributed by atoms with Crippen molar-refractivity contribution in [2.24, 2.45) is 0 Å². The van der Waals surface area contributed by atoms with Crippen LogP contribution in [-0.2, 0) is 16.0 Å². The minimum Gasteiger partial charge on any atom is -0.340 e. The Bertz CT molecular complexity index is 962. The molecule has 176 valence electrons. The van der Waals surface area contributed by atoms with Crippen LogP contribution in [0.4, 0.5) is 5.69 Å². The Morgan fingerprint density at radius 2 is 1.61 bits per heavy atom. The van der Waals surface area contributed by atoms with Gasteiger partial charge in [0.15, 0.2) is 0 Å². The third-order valence-corrected chi connectivity index (χ3v) is 6.01. The molecule has 0 atom stereocenters. The molecule has 33 heavy (non-hydrogen) atoms. The second kappa shape index (κ2) is 11.6. The summed E-state index contributed by atoms with van der Waals surface area (Å²) in [5, 5.41) is 2.90. The first kappa shape index (κ1) is 24.5. The molecule has 0 radical (unpaired) electrons. The quantitative estimate of drug-likeness (QED) is 0.671. The van der Waals surface area contributed by atoms with Crippen molar-refractivity contribution < 1.29 is 14.4 Å². The van der Waals surface area contributed by atoms with E-state index in [2.05, 4.69) is 10.2 Å². The van der Waals surface area contributed by atoms with E-state index in [9.17, 15) is 14.4 Å². The fourth-order valence-electron chi connectivity index (χ4n) is 3.97. The van der Waals surface area contributed by atoms with Gasteiger partial charge in [0.25, 0.3) is 5.91 Å². The van der Waals surface area contributed by atoms with Gasteiger partial charge in [-0.25, -0.2) is 0 Å². The van der Waals surface area contributed by atoms with Gasteiger partial charge in [0.05, 0.1) is 13.0 Å². The number of rotatable bonds is 8. The molecule has 2 aromatic carbocycles. The Hall–Kier alpha value is -3.19. The Morgan fingerprint density at radius 1 is 0.939 bits per heavy atom. The van der Waals surface area contributed by atoms with E-state index in [0.29, 0.717) is 56.9 Å². The molecule has 0 aromatic heterocycles. The van der Waals surface area contributed by atoms with Gasteiger partial charge in [0, 0.05) is 50.5 Å². The number of amides is 3. The Morgan fingerprint density at radius 3 is 2.24 bits per heavy atom. The van der Waals surface area contributed by atoms with Crippen molar-refractivity contribution in [3.8, 4) is 0 Å². The maximum Gasteiger partial charge on any atom is 0.253 e. The molecule has 1 aliphatic rings. The van der Waals surface area contributed by atoms with E-state index < -0.39 is 0 Å². The van der Waals surface area contributed by atoms with Crippen LogP contribution in [0.3, 0.4) is 0 Å². The lowest BCUT2D eigenvalue weighted by Gasteiger charge is -2.34. The average Bonchev–Trinajstić information content (AvgIpc) is 2.82. The molecule has 0 bridgehead atoms. The van der Waals surface area contributed by atoms with Crippen LogP contribution in [0.5, 0.6) is 0 Å². The van der Waals surface area contributed by atoms with Gasteiger partial charge in [0.1, 0.15) is 0 Å². The smallest absolute Gasteiger partial charge is 0.253 e. The van der Waals surface area contributed by atoms with Gasteiger partial charge in [-0.1, -0.05) is 35.9 Å². The highest BCUT2D eigenvalue weighted by Crippen LogP contribution is 2.14. The lowest BCUT2D eigenvalue weighted by molar-refractivity contribution is -0.132. The maximum absolute atomic E-state index is 12.6. The standard InChI is InChI=1S/C26H34N4O3/c1-4-29(5-2)26(33)22-7-6-8-23(18-22)27-24(31)19-28-13-15-30(16-14-28)25(32)17-21-11-9-20(3)10-12-21/h6-12,18H,4-5,13-17,19H2,1-3H3,(H,27,31). The third-order valence-electron chi connectivity index (χ3n) is 6.01. The molecule has 0 spiro atoms. The van der Waals surface area contributed by atoms with Crippen molar-refractivity contribution in [1.29, 1.82) is 0 Å². The number of benzene rings is 2. The number of hydrogen-bond acceptors (Lipinski definition) is 4. The summed E-state index contributed by atoms with van der Waals surface area (Å²) < 4.78 is 0. The van der Waals surface area contributed by atoms with Crippen molar-refractivity contribution in [1.82, 2.24) is 14.7 Å². The van der Waals surface area contributed by atoms with E-state index in [0.717, 1.165) is 5.56 Å². The van der Waals surface area contributed by atoms with Crippen LogP contribution >= 0.6 is 0 Å². The number of carbonyl (C=O) groups excluding carboxylic acids is 3. The Labute approximate surface area is 196 Å². The van der Waals surface area contributed by atoms with E-state index in [4.69, 9.17) is 0 Å². The minimum absolute atomic E-state index is 0.0393. The van der Waals surface area contributed by atoms with E-state index in [1.807, 2.05) is 49.9 Å². The molecule has 0 saturated carbocycles. The molecule has 7 nitrogen and oxygen atoms in total. The number of carbonyl (C=O) groups is 3. The maximum atomic E-state index is 12.6. The molecule has 0 aliphatic carbocycles. The van der Waals surface area contributed by atoms with Gasteiger partial charge in [0.2, 0.25) is 11.8 Å². The molecular weight excluding hydrogens is 416 g/mol. The zero-order valence-corrected chi connectivity index (χ0v) is 19.8. The van der Waals surface area contributed by atoms with Gasteiger partial charge < -0.3 is 15.1 Å². The number of aryl methyl sites for hydroxylation is 1. The monoisotopic (exact) mass is 450 g/mol. The summed E-state index contributed by atoms with van der Waals surface area (Å²) in [7, 11) is 0. The summed E-state index contributed by atoms with van der Waals surface area (Å²) in [6.07, 6.45) is 0.406. The Balaban J connectivity index is 1.46. The second-order valence-corrected chi connectivity index (χ2v) is 8.43. The molecule has 1 aliphatic heterocycles. The SMILES string of the molecule is CCN(CC)C(=O)c1cccc(NC(=O)CN2CCN(C(=O)Cc3ccc(C)cc3)CC2)c1. The summed E-state index contributed by atoms with van der Waals surface area (Å²) in [4.78, 5) is 43.4. The number of piperazine rings is 1. The van der Waals surface area contributed by atoms with Crippen molar-refractivity contribution in [2.75, 3.05) is 51.1 Å². The predicted octanol–water partition coefficient (Wildman–Crippen LogP) is 2.80. The lowest BCUT2D eigenvalue weighted by Crippen LogP contribution is -2.50. The normalized spacial score (nSPS) is 14.1.